The summed E-state index contributed by atoms with van der Waals surface area (Å²) in [6.07, 6.45) is 0. The SMILES string of the molecule is CN1C(=O)c2ccc(NC(=O)c3cc(N)n[nH]3)cc2C1=O. The first-order valence-electron chi connectivity index (χ1n) is 6.06. The summed E-state index contributed by atoms with van der Waals surface area (Å²) in [5, 5.41) is 8.74. The Morgan fingerprint density at radius 2 is 1.95 bits per heavy atom. The molecule has 2 heterocycles. The first kappa shape index (κ1) is 12.9. The highest BCUT2D eigenvalue weighted by molar-refractivity contribution is 6.21. The van der Waals surface area contributed by atoms with Crippen molar-refractivity contribution in [1.82, 2.24) is 15.1 Å². The lowest BCUT2D eigenvalue weighted by atomic mass is 10.1. The molecule has 3 amide bonds. The summed E-state index contributed by atoms with van der Waals surface area (Å²) in [7, 11) is 1.41. The first-order chi connectivity index (χ1) is 9.97. The average molecular weight is 285 g/mol. The van der Waals surface area contributed by atoms with Crippen molar-refractivity contribution in [2.75, 3.05) is 18.1 Å². The van der Waals surface area contributed by atoms with Crippen molar-refractivity contribution in [3.8, 4) is 0 Å². The minimum absolute atomic E-state index is 0.201. The normalized spacial score (nSPS) is 13.5. The quantitative estimate of drug-likeness (QED) is 0.692. The summed E-state index contributed by atoms with van der Waals surface area (Å²) >= 11 is 0. The summed E-state index contributed by atoms with van der Waals surface area (Å²) < 4.78 is 0. The van der Waals surface area contributed by atoms with Crippen molar-refractivity contribution < 1.29 is 14.4 Å². The number of aromatic amines is 1. The molecule has 0 fully saturated rings. The second-order valence-corrected chi connectivity index (χ2v) is 4.59. The molecule has 1 aliphatic heterocycles. The molecule has 0 saturated heterocycles. The molecule has 4 N–H and O–H groups in total. The van der Waals surface area contributed by atoms with Crippen LogP contribution < -0.4 is 11.1 Å². The Morgan fingerprint density at radius 3 is 2.62 bits per heavy atom. The van der Waals surface area contributed by atoms with E-state index in [0.29, 0.717) is 11.3 Å². The Kier molecular flexibility index (Phi) is 2.72. The second-order valence-electron chi connectivity index (χ2n) is 4.59. The van der Waals surface area contributed by atoms with Crippen molar-refractivity contribution >= 4 is 29.2 Å². The monoisotopic (exact) mass is 285 g/mol. The number of imide groups is 1. The average Bonchev–Trinajstić information content (AvgIpc) is 2.98. The molecule has 0 spiro atoms. The Labute approximate surface area is 118 Å². The number of nitrogens with two attached hydrogens (primary N) is 1. The van der Waals surface area contributed by atoms with Crippen LogP contribution in [0.25, 0.3) is 0 Å². The molecule has 1 aliphatic rings. The number of carbonyl (C=O) groups is 3. The third-order valence-corrected chi connectivity index (χ3v) is 3.19. The van der Waals surface area contributed by atoms with Gasteiger partial charge in [-0.2, -0.15) is 5.10 Å². The summed E-state index contributed by atoms with van der Waals surface area (Å²) in [6, 6.07) is 5.93. The summed E-state index contributed by atoms with van der Waals surface area (Å²) in [5.41, 5.74) is 6.62. The molecule has 0 radical (unpaired) electrons. The molecule has 0 bridgehead atoms. The van der Waals surface area contributed by atoms with Gasteiger partial charge in [0.15, 0.2) is 0 Å². The predicted octanol–water partition coefficient (Wildman–Crippen LogP) is 0.470. The van der Waals surface area contributed by atoms with E-state index in [-0.39, 0.29) is 23.0 Å². The molecule has 0 saturated carbocycles. The van der Waals surface area contributed by atoms with Gasteiger partial charge in [0.1, 0.15) is 11.5 Å². The zero-order valence-electron chi connectivity index (χ0n) is 11.0. The standard InChI is InChI=1S/C13H11N5O3/c1-18-12(20)7-3-2-6(4-8(7)13(18)21)15-11(19)9-5-10(14)17-16-9/h2-5H,1H3,(H,15,19)(H3,14,16,17). The molecular weight excluding hydrogens is 274 g/mol. The number of anilines is 2. The number of aromatic nitrogens is 2. The molecule has 106 valence electrons. The van der Waals surface area contributed by atoms with Gasteiger partial charge in [0.05, 0.1) is 11.1 Å². The molecule has 0 aliphatic carbocycles. The van der Waals surface area contributed by atoms with Crippen LogP contribution >= 0.6 is 0 Å². The van der Waals surface area contributed by atoms with Crippen LogP contribution in [0.3, 0.4) is 0 Å². The van der Waals surface area contributed by atoms with E-state index in [1.54, 1.807) is 6.07 Å². The summed E-state index contributed by atoms with van der Waals surface area (Å²) in [4.78, 5) is 36.6. The number of nitrogens with zero attached hydrogens (tertiary/aromatic N) is 2. The Bertz CT molecular complexity index is 780. The maximum atomic E-state index is 11.9. The van der Waals surface area contributed by atoms with E-state index in [2.05, 4.69) is 15.5 Å². The number of carbonyl (C=O) groups excluding carboxylic acids is 3. The van der Waals surface area contributed by atoms with Gasteiger partial charge in [0.25, 0.3) is 17.7 Å². The number of rotatable bonds is 2. The number of benzene rings is 1. The van der Waals surface area contributed by atoms with E-state index in [1.807, 2.05) is 0 Å². The molecule has 3 rings (SSSR count). The Morgan fingerprint density at radius 1 is 1.24 bits per heavy atom. The van der Waals surface area contributed by atoms with Gasteiger partial charge in [0, 0.05) is 18.8 Å². The van der Waals surface area contributed by atoms with Crippen LogP contribution in [0.15, 0.2) is 24.3 Å². The lowest BCUT2D eigenvalue weighted by Crippen LogP contribution is -2.24. The van der Waals surface area contributed by atoms with E-state index >= 15 is 0 Å². The Hall–Kier alpha value is -3.16. The highest BCUT2D eigenvalue weighted by Crippen LogP contribution is 2.24. The number of H-pyrrole nitrogens is 1. The fourth-order valence-electron chi connectivity index (χ4n) is 2.09. The lowest BCUT2D eigenvalue weighted by Gasteiger charge is -2.04. The van der Waals surface area contributed by atoms with Gasteiger partial charge >= 0.3 is 0 Å². The largest absolute Gasteiger partial charge is 0.382 e. The number of fused-ring (bicyclic) bond motifs is 1. The van der Waals surface area contributed by atoms with Crippen molar-refractivity contribution in [3.63, 3.8) is 0 Å². The van der Waals surface area contributed by atoms with Crippen LogP contribution in [-0.2, 0) is 0 Å². The van der Waals surface area contributed by atoms with E-state index < -0.39 is 11.8 Å². The van der Waals surface area contributed by atoms with E-state index in [4.69, 9.17) is 5.73 Å². The molecule has 21 heavy (non-hydrogen) atoms. The maximum absolute atomic E-state index is 11.9. The second kappa shape index (κ2) is 4.44. The molecule has 2 aromatic rings. The van der Waals surface area contributed by atoms with E-state index in [9.17, 15) is 14.4 Å². The number of amides is 3. The van der Waals surface area contributed by atoms with E-state index in [1.165, 1.54) is 25.2 Å². The van der Waals surface area contributed by atoms with Gasteiger partial charge in [-0.05, 0) is 18.2 Å². The number of nitrogen functional groups attached to an aromatic ring is 1. The molecule has 0 unspecified atom stereocenters. The van der Waals surface area contributed by atoms with E-state index in [0.717, 1.165) is 4.90 Å². The highest BCUT2D eigenvalue weighted by atomic mass is 16.2. The van der Waals surface area contributed by atoms with Crippen LogP contribution in [-0.4, -0.2) is 39.9 Å². The fraction of sp³-hybridized carbons (Fsp3) is 0.0769. The minimum Gasteiger partial charge on any atom is -0.382 e. The molecule has 8 nitrogen and oxygen atoms in total. The van der Waals surface area contributed by atoms with Crippen molar-refractivity contribution in [1.29, 1.82) is 0 Å². The summed E-state index contributed by atoms with van der Waals surface area (Å²) in [5.74, 6) is -0.980. The number of nitrogens with one attached hydrogen (secondary N) is 2. The zero-order valence-corrected chi connectivity index (χ0v) is 11.0. The van der Waals surface area contributed by atoms with Crippen LogP contribution in [0.1, 0.15) is 31.2 Å². The minimum atomic E-state index is -0.440. The van der Waals surface area contributed by atoms with Gasteiger partial charge in [-0.25, -0.2) is 0 Å². The molecular formula is C13H11N5O3. The van der Waals surface area contributed by atoms with Crippen molar-refractivity contribution in [2.45, 2.75) is 0 Å². The maximum Gasteiger partial charge on any atom is 0.273 e. The van der Waals surface area contributed by atoms with Gasteiger partial charge in [-0.3, -0.25) is 24.4 Å². The number of hydrogen-bond donors (Lipinski definition) is 3. The van der Waals surface area contributed by atoms with Gasteiger partial charge < -0.3 is 11.1 Å². The molecule has 1 aromatic heterocycles. The topological polar surface area (TPSA) is 121 Å². The van der Waals surface area contributed by atoms with Crippen molar-refractivity contribution in [2.24, 2.45) is 0 Å². The third kappa shape index (κ3) is 2.02. The van der Waals surface area contributed by atoms with Gasteiger partial charge in [0.2, 0.25) is 0 Å². The van der Waals surface area contributed by atoms with Crippen LogP contribution in [0.2, 0.25) is 0 Å². The Balaban J connectivity index is 1.87. The van der Waals surface area contributed by atoms with Gasteiger partial charge in [-0.15, -0.1) is 0 Å². The zero-order chi connectivity index (χ0) is 15.1. The van der Waals surface area contributed by atoms with Crippen LogP contribution in [0, 0.1) is 0 Å². The molecule has 1 aromatic carbocycles. The van der Waals surface area contributed by atoms with Crippen molar-refractivity contribution in [3.05, 3.63) is 41.1 Å². The van der Waals surface area contributed by atoms with Gasteiger partial charge in [-0.1, -0.05) is 0 Å². The van der Waals surface area contributed by atoms with Crippen LogP contribution in [0.5, 0.6) is 0 Å². The predicted molar refractivity (Wildman–Crippen MR) is 73.8 cm³/mol. The summed E-state index contributed by atoms with van der Waals surface area (Å²) in [6.45, 7) is 0. The number of hydrogen-bond acceptors (Lipinski definition) is 5. The fourth-order valence-corrected chi connectivity index (χ4v) is 2.09. The first-order valence-corrected chi connectivity index (χ1v) is 6.06. The molecule has 8 heteroatoms. The third-order valence-electron chi connectivity index (χ3n) is 3.19. The smallest absolute Gasteiger partial charge is 0.273 e. The molecule has 0 atom stereocenters. The van der Waals surface area contributed by atoms with Crippen LogP contribution in [0.4, 0.5) is 11.5 Å². The lowest BCUT2D eigenvalue weighted by molar-refractivity contribution is 0.0692. The highest BCUT2D eigenvalue weighted by Gasteiger charge is 2.32.